The summed E-state index contributed by atoms with van der Waals surface area (Å²) in [7, 11) is -2.92. The van der Waals surface area contributed by atoms with Crippen LogP contribution in [0.3, 0.4) is 0 Å². The highest BCUT2D eigenvalue weighted by molar-refractivity contribution is 7.91. The minimum absolute atomic E-state index is 0.102. The van der Waals surface area contributed by atoms with E-state index in [0.717, 1.165) is 18.9 Å². The molecule has 7 heteroatoms. The molecule has 1 aliphatic rings. The van der Waals surface area contributed by atoms with Gasteiger partial charge in [-0.25, -0.2) is 13.4 Å². The second kappa shape index (κ2) is 7.17. The molecule has 1 fully saturated rings. The second-order valence-electron chi connectivity index (χ2n) is 5.98. The predicted molar refractivity (Wildman–Crippen MR) is 95.9 cm³/mol. The molecule has 2 heterocycles. The molecule has 0 bridgehead atoms. The maximum Gasteiger partial charge on any atom is 0.224 e. The third-order valence-electron chi connectivity index (χ3n) is 4.13. The summed E-state index contributed by atoms with van der Waals surface area (Å²) in [5, 5.41) is 3.15. The molecule has 128 valence electrons. The molecule has 1 N–H and O–H groups in total. The van der Waals surface area contributed by atoms with Crippen molar-refractivity contribution < 1.29 is 8.42 Å². The number of hydrogen-bond acceptors (Lipinski definition) is 6. The van der Waals surface area contributed by atoms with Gasteiger partial charge in [-0.3, -0.25) is 0 Å². The van der Waals surface area contributed by atoms with E-state index in [4.69, 9.17) is 0 Å². The van der Waals surface area contributed by atoms with Crippen LogP contribution in [0.25, 0.3) is 0 Å². The topological polar surface area (TPSA) is 75.2 Å². The van der Waals surface area contributed by atoms with Crippen molar-refractivity contribution in [3.05, 3.63) is 48.2 Å². The molecule has 3 rings (SSSR count). The third-order valence-corrected chi connectivity index (χ3v) is 5.90. The largest absolute Gasteiger partial charge is 0.352 e. The zero-order chi connectivity index (χ0) is 17.0. The summed E-state index contributed by atoms with van der Waals surface area (Å²) < 4.78 is 23.1. The maximum atomic E-state index is 11.6. The Balaban J connectivity index is 1.71. The van der Waals surface area contributed by atoms with Crippen LogP contribution in [0, 0.1) is 0 Å². The van der Waals surface area contributed by atoms with E-state index in [9.17, 15) is 8.42 Å². The highest BCUT2D eigenvalue weighted by Gasteiger charge is 2.28. The van der Waals surface area contributed by atoms with Gasteiger partial charge in [0, 0.05) is 25.3 Å². The molecule has 1 atom stereocenters. The van der Waals surface area contributed by atoms with Crippen molar-refractivity contribution in [1.82, 2.24) is 9.97 Å². The lowest BCUT2D eigenvalue weighted by atomic mass is 10.2. The maximum absolute atomic E-state index is 11.6. The average molecular weight is 346 g/mol. The Morgan fingerprint density at radius 2 is 2.04 bits per heavy atom. The van der Waals surface area contributed by atoms with Crippen molar-refractivity contribution in [1.29, 1.82) is 0 Å². The molecule has 1 unspecified atom stereocenters. The van der Waals surface area contributed by atoms with Crippen LogP contribution in [-0.2, 0) is 16.4 Å². The fourth-order valence-electron chi connectivity index (χ4n) is 2.84. The number of nitrogens with zero attached hydrogens (tertiary/aromatic N) is 3. The first-order valence-electron chi connectivity index (χ1n) is 8.14. The highest BCUT2D eigenvalue weighted by Crippen LogP contribution is 2.18. The van der Waals surface area contributed by atoms with Gasteiger partial charge in [-0.05, 0) is 25.0 Å². The van der Waals surface area contributed by atoms with Gasteiger partial charge in [0.25, 0.3) is 0 Å². The number of sulfone groups is 1. The van der Waals surface area contributed by atoms with Crippen LogP contribution in [0.15, 0.2) is 42.6 Å². The third kappa shape index (κ3) is 4.23. The first-order valence-corrected chi connectivity index (χ1v) is 9.97. The molecule has 0 amide bonds. The Labute approximate surface area is 142 Å². The number of rotatable bonds is 6. The molecular weight excluding hydrogens is 324 g/mol. The number of aromatic nitrogens is 2. The van der Waals surface area contributed by atoms with Crippen molar-refractivity contribution in [3.8, 4) is 0 Å². The Hall–Kier alpha value is -2.15. The molecule has 1 aliphatic heterocycles. The smallest absolute Gasteiger partial charge is 0.224 e. The standard InChI is InChI=1S/C17H22N4O2S/c1-2-21(12-14-6-4-3-5-7-14)16-8-10-18-17(20-16)19-15-9-11-24(22,23)13-15/h3-8,10,15H,2,9,11-13H2,1H3,(H,18,19,20). The van der Waals surface area contributed by atoms with Gasteiger partial charge in [0.1, 0.15) is 5.82 Å². The normalized spacial score (nSPS) is 19.1. The summed E-state index contributed by atoms with van der Waals surface area (Å²) >= 11 is 0. The van der Waals surface area contributed by atoms with E-state index >= 15 is 0 Å². The summed E-state index contributed by atoms with van der Waals surface area (Å²) in [6, 6.07) is 12.0. The van der Waals surface area contributed by atoms with Crippen molar-refractivity contribution >= 4 is 21.6 Å². The molecule has 0 radical (unpaired) electrons. The average Bonchev–Trinajstić information content (AvgIpc) is 2.92. The predicted octanol–water partition coefficient (Wildman–Crippen LogP) is 2.10. The van der Waals surface area contributed by atoms with E-state index in [1.165, 1.54) is 5.56 Å². The van der Waals surface area contributed by atoms with Crippen LogP contribution < -0.4 is 10.2 Å². The lowest BCUT2D eigenvalue weighted by Gasteiger charge is -2.22. The minimum Gasteiger partial charge on any atom is -0.352 e. The van der Waals surface area contributed by atoms with Crippen molar-refractivity contribution in [2.75, 3.05) is 28.3 Å². The fraction of sp³-hybridized carbons (Fsp3) is 0.412. The van der Waals surface area contributed by atoms with Gasteiger partial charge in [0.05, 0.1) is 11.5 Å². The monoisotopic (exact) mass is 346 g/mol. The van der Waals surface area contributed by atoms with Crippen LogP contribution in [0.5, 0.6) is 0 Å². The SMILES string of the molecule is CCN(Cc1ccccc1)c1ccnc(NC2CCS(=O)(=O)C2)n1. The quantitative estimate of drug-likeness (QED) is 0.863. The van der Waals surface area contributed by atoms with Gasteiger partial charge in [0.2, 0.25) is 5.95 Å². The lowest BCUT2D eigenvalue weighted by Crippen LogP contribution is -2.25. The number of anilines is 2. The van der Waals surface area contributed by atoms with Crippen LogP contribution >= 0.6 is 0 Å². The van der Waals surface area contributed by atoms with Crippen molar-refractivity contribution in [3.63, 3.8) is 0 Å². The van der Waals surface area contributed by atoms with E-state index in [1.54, 1.807) is 6.20 Å². The van der Waals surface area contributed by atoms with Gasteiger partial charge < -0.3 is 10.2 Å². The van der Waals surface area contributed by atoms with E-state index in [0.29, 0.717) is 12.4 Å². The summed E-state index contributed by atoms with van der Waals surface area (Å²) in [6.07, 6.45) is 2.32. The molecule has 0 spiro atoms. The van der Waals surface area contributed by atoms with Crippen LogP contribution in [-0.4, -0.2) is 42.5 Å². The molecule has 24 heavy (non-hydrogen) atoms. The van der Waals surface area contributed by atoms with E-state index in [-0.39, 0.29) is 17.5 Å². The van der Waals surface area contributed by atoms with Gasteiger partial charge in [-0.2, -0.15) is 4.98 Å². The molecule has 1 saturated heterocycles. The number of hydrogen-bond donors (Lipinski definition) is 1. The first-order chi connectivity index (χ1) is 11.6. The molecular formula is C17H22N4O2S. The Bertz CT molecular complexity index is 780. The van der Waals surface area contributed by atoms with Crippen LogP contribution in [0.4, 0.5) is 11.8 Å². The molecule has 0 saturated carbocycles. The zero-order valence-electron chi connectivity index (χ0n) is 13.7. The molecule has 0 aliphatic carbocycles. The van der Waals surface area contributed by atoms with E-state index in [2.05, 4.69) is 39.2 Å². The first kappa shape index (κ1) is 16.7. The molecule has 1 aromatic heterocycles. The molecule has 2 aromatic rings. The summed E-state index contributed by atoms with van der Waals surface area (Å²) in [5.41, 5.74) is 1.22. The minimum atomic E-state index is -2.92. The number of benzene rings is 1. The zero-order valence-corrected chi connectivity index (χ0v) is 14.5. The number of nitrogens with one attached hydrogen (secondary N) is 1. The van der Waals surface area contributed by atoms with Crippen LogP contribution in [0.1, 0.15) is 18.9 Å². The second-order valence-corrected chi connectivity index (χ2v) is 8.21. The Kier molecular flexibility index (Phi) is 4.99. The van der Waals surface area contributed by atoms with Crippen molar-refractivity contribution in [2.24, 2.45) is 0 Å². The Morgan fingerprint density at radius 1 is 1.25 bits per heavy atom. The Morgan fingerprint density at radius 3 is 2.71 bits per heavy atom. The summed E-state index contributed by atoms with van der Waals surface area (Å²) in [5.74, 6) is 1.71. The highest BCUT2D eigenvalue weighted by atomic mass is 32.2. The van der Waals surface area contributed by atoms with Crippen molar-refractivity contribution in [2.45, 2.75) is 25.9 Å². The van der Waals surface area contributed by atoms with Gasteiger partial charge >= 0.3 is 0 Å². The van der Waals surface area contributed by atoms with Gasteiger partial charge in [0.15, 0.2) is 9.84 Å². The molecule has 6 nitrogen and oxygen atoms in total. The fourth-order valence-corrected chi connectivity index (χ4v) is 4.52. The lowest BCUT2D eigenvalue weighted by molar-refractivity contribution is 0.602. The van der Waals surface area contributed by atoms with Gasteiger partial charge in [-0.15, -0.1) is 0 Å². The van der Waals surface area contributed by atoms with Crippen LogP contribution in [0.2, 0.25) is 0 Å². The van der Waals surface area contributed by atoms with Gasteiger partial charge in [-0.1, -0.05) is 30.3 Å². The summed E-state index contributed by atoms with van der Waals surface area (Å²) in [4.78, 5) is 11.0. The summed E-state index contributed by atoms with van der Waals surface area (Å²) in [6.45, 7) is 3.68. The molecule has 1 aromatic carbocycles. The van der Waals surface area contributed by atoms with E-state index < -0.39 is 9.84 Å². The van der Waals surface area contributed by atoms with E-state index in [1.807, 2.05) is 24.3 Å².